The third-order valence-corrected chi connectivity index (χ3v) is 6.74. The molecule has 0 spiro atoms. The Morgan fingerprint density at radius 3 is 2.39 bits per heavy atom. The molecule has 4 rings (SSSR count). The minimum absolute atomic E-state index is 0.0137. The number of nitrogens with zero attached hydrogens (tertiary/aromatic N) is 4. The number of rotatable bonds is 5. The smallest absolute Gasteiger partial charge is 0.253 e. The number of sulfone groups is 1. The zero-order valence-corrected chi connectivity index (χ0v) is 18.3. The first kappa shape index (κ1) is 21.3. The average molecular weight is 441 g/mol. The van der Waals surface area contributed by atoms with Crippen molar-refractivity contribution >= 4 is 21.6 Å². The fourth-order valence-corrected chi connectivity index (χ4v) is 4.84. The molecule has 1 amide bonds. The second-order valence-electron chi connectivity index (χ2n) is 7.62. The van der Waals surface area contributed by atoms with E-state index in [1.165, 1.54) is 0 Å². The van der Waals surface area contributed by atoms with Gasteiger partial charge in [-0.15, -0.1) is 5.11 Å². The van der Waals surface area contributed by atoms with Gasteiger partial charge in [0, 0.05) is 37.6 Å². The Labute approximate surface area is 181 Å². The van der Waals surface area contributed by atoms with Gasteiger partial charge in [0.05, 0.1) is 11.0 Å². The maximum atomic E-state index is 12.9. The van der Waals surface area contributed by atoms with Crippen molar-refractivity contribution in [2.45, 2.75) is 23.8 Å². The van der Waals surface area contributed by atoms with Gasteiger partial charge in [0.15, 0.2) is 22.3 Å². The Kier molecular flexibility index (Phi) is 5.97. The van der Waals surface area contributed by atoms with E-state index < -0.39 is 9.84 Å². The number of methoxy groups -OCH3 is 1. The van der Waals surface area contributed by atoms with Crippen molar-refractivity contribution in [1.82, 2.24) is 4.90 Å². The van der Waals surface area contributed by atoms with E-state index >= 15 is 0 Å². The second-order valence-corrected chi connectivity index (χ2v) is 9.60. The summed E-state index contributed by atoms with van der Waals surface area (Å²) >= 11 is 0. The predicted molar refractivity (Wildman–Crippen MR) is 117 cm³/mol. The fourth-order valence-electron chi connectivity index (χ4n) is 3.94. The number of hydrogen-bond acceptors (Lipinski definition) is 7. The molecule has 0 atom stereocenters. The Hall–Kier alpha value is -2.91. The van der Waals surface area contributed by atoms with E-state index in [2.05, 4.69) is 15.2 Å². The molecule has 0 saturated carbocycles. The molecule has 31 heavy (non-hydrogen) atoms. The van der Waals surface area contributed by atoms with Crippen LogP contribution in [-0.4, -0.2) is 64.3 Å². The highest BCUT2D eigenvalue weighted by Gasteiger charge is 2.25. The molecule has 0 bridgehead atoms. The minimum Gasteiger partial charge on any atom is -0.381 e. The van der Waals surface area contributed by atoms with E-state index in [1.807, 2.05) is 23.1 Å². The highest BCUT2D eigenvalue weighted by atomic mass is 32.2. The molecule has 0 aliphatic carbocycles. The van der Waals surface area contributed by atoms with E-state index in [9.17, 15) is 13.2 Å². The summed E-state index contributed by atoms with van der Waals surface area (Å²) < 4.78 is 30.1. The fraction of sp³-hybridized carbons (Fsp3) is 0.364. The minimum atomic E-state index is -3.50. The number of amidine groups is 1. The molecular weight excluding hydrogens is 416 g/mol. The van der Waals surface area contributed by atoms with Gasteiger partial charge in [0.1, 0.15) is 0 Å². The van der Waals surface area contributed by atoms with Gasteiger partial charge in [0.2, 0.25) is 0 Å². The van der Waals surface area contributed by atoms with E-state index in [0.29, 0.717) is 35.6 Å². The first-order valence-electron chi connectivity index (χ1n) is 10.1. The first-order chi connectivity index (χ1) is 14.9. The van der Waals surface area contributed by atoms with Crippen LogP contribution in [0.1, 0.15) is 28.8 Å². The standard InChI is InChI=1S/C22H24N4O4S/c1-30-17-10-12-26(13-11-17)22(27)16-8-6-15(7-9-16)18-4-3-5-19(31(2,28)29)20(18)21-23-14-24-25-21/h3-9,17H,10-14H2,1-2H3. The molecule has 0 aromatic heterocycles. The number of benzene rings is 2. The summed E-state index contributed by atoms with van der Waals surface area (Å²) in [6.45, 7) is 1.52. The number of likely N-dealkylation sites (tertiary alicyclic amines) is 1. The van der Waals surface area contributed by atoms with Gasteiger partial charge in [-0.05, 0) is 42.2 Å². The summed E-state index contributed by atoms with van der Waals surface area (Å²) in [5.74, 6) is 0.289. The summed E-state index contributed by atoms with van der Waals surface area (Å²) in [7, 11) is -1.80. The van der Waals surface area contributed by atoms with Crippen molar-refractivity contribution in [2.75, 3.05) is 33.1 Å². The first-order valence-corrected chi connectivity index (χ1v) is 12.0. The lowest BCUT2D eigenvalue weighted by molar-refractivity contribution is 0.0351. The van der Waals surface area contributed by atoms with Crippen molar-refractivity contribution < 1.29 is 17.9 Å². The molecule has 162 valence electrons. The largest absolute Gasteiger partial charge is 0.381 e. The summed E-state index contributed by atoms with van der Waals surface area (Å²) in [6.07, 6.45) is 3.04. The topological polar surface area (TPSA) is 101 Å². The van der Waals surface area contributed by atoms with Crippen molar-refractivity contribution in [1.29, 1.82) is 0 Å². The molecule has 1 saturated heterocycles. The Morgan fingerprint density at radius 1 is 1.10 bits per heavy atom. The number of aliphatic imine (C=N–C) groups is 1. The van der Waals surface area contributed by atoms with Crippen LogP contribution in [0.25, 0.3) is 11.1 Å². The van der Waals surface area contributed by atoms with Crippen LogP contribution >= 0.6 is 0 Å². The van der Waals surface area contributed by atoms with Crippen LogP contribution < -0.4 is 0 Å². The summed E-state index contributed by atoms with van der Waals surface area (Å²) in [5, 5.41) is 7.89. The van der Waals surface area contributed by atoms with Crippen LogP contribution in [0.2, 0.25) is 0 Å². The van der Waals surface area contributed by atoms with Crippen molar-refractivity contribution in [3.05, 3.63) is 53.6 Å². The Balaban J connectivity index is 1.66. The third kappa shape index (κ3) is 4.42. The van der Waals surface area contributed by atoms with Crippen LogP contribution in [-0.2, 0) is 14.6 Å². The Morgan fingerprint density at radius 2 is 1.81 bits per heavy atom. The number of piperidine rings is 1. The number of hydrogen-bond donors (Lipinski definition) is 0. The predicted octanol–water partition coefficient (Wildman–Crippen LogP) is 3.18. The molecule has 8 nitrogen and oxygen atoms in total. The molecular formula is C22H24N4O4S. The third-order valence-electron chi connectivity index (χ3n) is 5.60. The van der Waals surface area contributed by atoms with E-state index in [0.717, 1.165) is 24.7 Å². The second kappa shape index (κ2) is 8.68. The summed E-state index contributed by atoms with van der Waals surface area (Å²) in [5.41, 5.74) is 2.49. The molecule has 2 aliphatic heterocycles. The van der Waals surface area contributed by atoms with Crippen molar-refractivity contribution in [3.8, 4) is 11.1 Å². The lowest BCUT2D eigenvalue weighted by Crippen LogP contribution is -2.40. The highest BCUT2D eigenvalue weighted by Crippen LogP contribution is 2.31. The maximum Gasteiger partial charge on any atom is 0.253 e. The van der Waals surface area contributed by atoms with Gasteiger partial charge >= 0.3 is 0 Å². The van der Waals surface area contributed by atoms with Crippen LogP contribution in [0.15, 0.2) is 62.6 Å². The van der Waals surface area contributed by atoms with Crippen molar-refractivity contribution in [2.24, 2.45) is 15.2 Å². The molecule has 2 heterocycles. The number of azo groups is 1. The van der Waals surface area contributed by atoms with Gasteiger partial charge in [-0.1, -0.05) is 24.3 Å². The Bertz CT molecular complexity index is 1150. The van der Waals surface area contributed by atoms with Crippen LogP contribution in [0.4, 0.5) is 0 Å². The number of carbonyl (C=O) groups excluding carboxylic acids is 1. The molecule has 0 radical (unpaired) electrons. The van der Waals surface area contributed by atoms with E-state index in [1.54, 1.807) is 31.4 Å². The molecule has 0 unspecified atom stereocenters. The molecule has 0 N–H and O–H groups in total. The quantitative estimate of drug-likeness (QED) is 0.713. The normalized spacial score (nSPS) is 17.1. The van der Waals surface area contributed by atoms with E-state index in [4.69, 9.17) is 4.74 Å². The maximum absolute atomic E-state index is 12.9. The van der Waals surface area contributed by atoms with Gasteiger partial charge in [-0.3, -0.25) is 4.79 Å². The highest BCUT2D eigenvalue weighted by molar-refractivity contribution is 7.90. The molecule has 1 fully saturated rings. The molecule has 2 aliphatic rings. The monoisotopic (exact) mass is 440 g/mol. The van der Waals surface area contributed by atoms with Gasteiger partial charge in [0.25, 0.3) is 5.91 Å². The molecule has 9 heteroatoms. The zero-order valence-electron chi connectivity index (χ0n) is 17.5. The zero-order chi connectivity index (χ0) is 22.0. The van der Waals surface area contributed by atoms with E-state index in [-0.39, 0.29) is 23.6 Å². The molecule has 2 aromatic rings. The van der Waals surface area contributed by atoms with Crippen molar-refractivity contribution in [3.63, 3.8) is 0 Å². The molecule has 2 aromatic carbocycles. The van der Waals surface area contributed by atoms with Crippen LogP contribution in [0.5, 0.6) is 0 Å². The number of amides is 1. The summed E-state index contributed by atoms with van der Waals surface area (Å²) in [6, 6.07) is 12.3. The van der Waals surface area contributed by atoms with Gasteiger partial charge in [-0.25, -0.2) is 13.4 Å². The number of ether oxygens (including phenoxy) is 1. The SMILES string of the molecule is COC1CCN(C(=O)c2ccc(-c3cccc(S(C)(=O)=O)c3C3=NCN=N3)cc2)CC1. The lowest BCUT2D eigenvalue weighted by Gasteiger charge is -2.31. The van der Waals surface area contributed by atoms with Gasteiger partial charge < -0.3 is 9.64 Å². The average Bonchev–Trinajstić information content (AvgIpc) is 3.32. The summed E-state index contributed by atoms with van der Waals surface area (Å²) in [4.78, 5) is 19.1. The van der Waals surface area contributed by atoms with Crippen LogP contribution in [0.3, 0.4) is 0 Å². The lowest BCUT2D eigenvalue weighted by atomic mass is 9.97. The number of carbonyl (C=O) groups is 1. The van der Waals surface area contributed by atoms with Crippen LogP contribution in [0, 0.1) is 0 Å². The van der Waals surface area contributed by atoms with Gasteiger partial charge in [-0.2, -0.15) is 5.11 Å².